The monoisotopic (exact) mass is 175 g/mol. The molecule has 0 fully saturated rings. The van der Waals surface area contributed by atoms with Crippen molar-refractivity contribution >= 4 is 10.9 Å². The number of nitrogens with two attached hydrogens (primary N) is 1. The zero-order valence-corrected chi connectivity index (χ0v) is 7.70. The maximum atomic E-state index is 5.54. The third-order valence-corrected chi connectivity index (χ3v) is 2.26. The Bertz CT molecular complexity index is 417. The Morgan fingerprint density at radius 2 is 2.38 bits per heavy atom. The van der Waals surface area contributed by atoms with E-state index < -0.39 is 0 Å². The van der Waals surface area contributed by atoms with Gasteiger partial charge in [-0.1, -0.05) is 0 Å². The van der Waals surface area contributed by atoms with E-state index in [9.17, 15) is 0 Å². The molecule has 2 aromatic rings. The van der Waals surface area contributed by atoms with E-state index in [0.29, 0.717) is 6.54 Å². The van der Waals surface area contributed by atoms with Gasteiger partial charge in [0.2, 0.25) is 0 Å². The molecule has 2 N–H and O–H groups in total. The number of pyridine rings is 1. The Kier molecular flexibility index (Phi) is 2.02. The van der Waals surface area contributed by atoms with Gasteiger partial charge in [-0.15, -0.1) is 0 Å². The summed E-state index contributed by atoms with van der Waals surface area (Å²) in [5, 5.41) is 1.19. The maximum Gasteiger partial charge on any atom is 0.0513 e. The van der Waals surface area contributed by atoms with Gasteiger partial charge >= 0.3 is 0 Å². The molecule has 0 atom stereocenters. The lowest BCUT2D eigenvalue weighted by molar-refractivity contribution is 0.715. The number of hydrogen-bond acceptors (Lipinski definition) is 2. The molecular formula is C10H13N3. The molecule has 0 radical (unpaired) electrons. The summed E-state index contributed by atoms with van der Waals surface area (Å²) in [7, 11) is 0. The van der Waals surface area contributed by atoms with Crippen LogP contribution >= 0.6 is 0 Å². The highest BCUT2D eigenvalue weighted by atomic mass is 15.0. The normalized spacial score (nSPS) is 10.9. The first-order chi connectivity index (χ1) is 6.33. The lowest BCUT2D eigenvalue weighted by Crippen LogP contribution is -2.10. The molecular weight excluding hydrogens is 162 g/mol. The van der Waals surface area contributed by atoms with Crippen molar-refractivity contribution in [2.45, 2.75) is 13.5 Å². The molecule has 0 spiro atoms. The van der Waals surface area contributed by atoms with Crippen molar-refractivity contribution in [2.24, 2.45) is 5.73 Å². The summed E-state index contributed by atoms with van der Waals surface area (Å²) >= 11 is 0. The summed E-state index contributed by atoms with van der Waals surface area (Å²) in [5.41, 5.74) is 8.01. The molecule has 0 aliphatic rings. The van der Waals surface area contributed by atoms with Gasteiger partial charge in [0, 0.05) is 36.6 Å². The van der Waals surface area contributed by atoms with Crippen LogP contribution < -0.4 is 5.73 Å². The van der Waals surface area contributed by atoms with Gasteiger partial charge in [-0.05, 0) is 19.1 Å². The van der Waals surface area contributed by atoms with Crippen LogP contribution in [0.25, 0.3) is 10.9 Å². The SMILES string of the molecule is Cc1cc2cnccc2n1CCN. The largest absolute Gasteiger partial charge is 0.344 e. The van der Waals surface area contributed by atoms with E-state index in [0.717, 1.165) is 6.54 Å². The van der Waals surface area contributed by atoms with Gasteiger partial charge in [-0.2, -0.15) is 0 Å². The number of aromatic nitrogens is 2. The molecule has 0 saturated carbocycles. The summed E-state index contributed by atoms with van der Waals surface area (Å²) < 4.78 is 2.22. The van der Waals surface area contributed by atoms with Crippen molar-refractivity contribution < 1.29 is 0 Å². The fourth-order valence-electron chi connectivity index (χ4n) is 1.68. The molecule has 2 rings (SSSR count). The average molecular weight is 175 g/mol. The Labute approximate surface area is 77.2 Å². The van der Waals surface area contributed by atoms with Gasteiger partial charge in [0.15, 0.2) is 0 Å². The highest BCUT2D eigenvalue weighted by Gasteiger charge is 2.03. The highest BCUT2D eigenvalue weighted by molar-refractivity contribution is 5.80. The van der Waals surface area contributed by atoms with E-state index >= 15 is 0 Å². The van der Waals surface area contributed by atoms with Gasteiger partial charge in [-0.25, -0.2) is 0 Å². The number of aryl methyl sites for hydroxylation is 1. The Morgan fingerprint density at radius 1 is 1.54 bits per heavy atom. The topological polar surface area (TPSA) is 43.8 Å². The molecule has 0 unspecified atom stereocenters. The van der Waals surface area contributed by atoms with Crippen LogP contribution in [-0.4, -0.2) is 16.1 Å². The van der Waals surface area contributed by atoms with Crippen LogP contribution in [0.1, 0.15) is 5.69 Å². The van der Waals surface area contributed by atoms with E-state index in [1.54, 1.807) is 0 Å². The Hall–Kier alpha value is -1.35. The standard InChI is InChI=1S/C10H13N3/c1-8-6-9-7-12-4-2-10(9)13(8)5-3-11/h2,4,6-7H,3,5,11H2,1H3. The van der Waals surface area contributed by atoms with Gasteiger partial charge < -0.3 is 10.3 Å². The first-order valence-corrected chi connectivity index (χ1v) is 4.43. The van der Waals surface area contributed by atoms with E-state index in [-0.39, 0.29) is 0 Å². The number of rotatable bonds is 2. The summed E-state index contributed by atoms with van der Waals surface area (Å²) in [6.45, 7) is 3.64. The molecule has 68 valence electrons. The smallest absolute Gasteiger partial charge is 0.0513 e. The number of nitrogens with zero attached hydrogens (tertiary/aromatic N) is 2. The first-order valence-electron chi connectivity index (χ1n) is 4.43. The minimum absolute atomic E-state index is 0.674. The molecule has 2 heterocycles. The zero-order chi connectivity index (χ0) is 9.26. The van der Waals surface area contributed by atoms with E-state index in [2.05, 4.69) is 22.5 Å². The number of fused-ring (bicyclic) bond motifs is 1. The van der Waals surface area contributed by atoms with Crippen LogP contribution in [0.3, 0.4) is 0 Å². The fourth-order valence-corrected chi connectivity index (χ4v) is 1.68. The first kappa shape index (κ1) is 8.26. The summed E-state index contributed by atoms with van der Waals surface area (Å²) in [6.07, 6.45) is 3.70. The summed E-state index contributed by atoms with van der Waals surface area (Å²) in [6, 6.07) is 4.16. The molecule has 0 amide bonds. The number of hydrogen-bond donors (Lipinski definition) is 1. The highest BCUT2D eigenvalue weighted by Crippen LogP contribution is 2.17. The van der Waals surface area contributed by atoms with Crippen LogP contribution in [0.2, 0.25) is 0 Å². The van der Waals surface area contributed by atoms with E-state index in [4.69, 9.17) is 5.73 Å². The minimum atomic E-state index is 0.674. The van der Waals surface area contributed by atoms with Crippen molar-refractivity contribution in [3.8, 4) is 0 Å². The maximum absolute atomic E-state index is 5.54. The van der Waals surface area contributed by atoms with Crippen molar-refractivity contribution in [1.29, 1.82) is 0 Å². The summed E-state index contributed by atoms with van der Waals surface area (Å²) in [5.74, 6) is 0. The predicted octanol–water partition coefficient (Wildman–Crippen LogP) is 1.30. The third-order valence-electron chi connectivity index (χ3n) is 2.26. The lowest BCUT2D eigenvalue weighted by atomic mass is 10.3. The molecule has 0 saturated heterocycles. The van der Waals surface area contributed by atoms with Crippen molar-refractivity contribution in [1.82, 2.24) is 9.55 Å². The van der Waals surface area contributed by atoms with Crippen LogP contribution in [-0.2, 0) is 6.54 Å². The Morgan fingerprint density at radius 3 is 3.15 bits per heavy atom. The average Bonchev–Trinajstić information content (AvgIpc) is 2.44. The molecule has 0 aliphatic heterocycles. The molecule has 2 aromatic heterocycles. The molecule has 0 aromatic carbocycles. The predicted molar refractivity (Wildman–Crippen MR) is 53.5 cm³/mol. The van der Waals surface area contributed by atoms with Gasteiger partial charge in [0.1, 0.15) is 0 Å². The molecule has 3 nitrogen and oxygen atoms in total. The van der Waals surface area contributed by atoms with Crippen LogP contribution in [0.15, 0.2) is 24.5 Å². The molecule has 3 heteroatoms. The van der Waals surface area contributed by atoms with Gasteiger partial charge in [0.25, 0.3) is 0 Å². The van der Waals surface area contributed by atoms with Crippen molar-refractivity contribution in [2.75, 3.05) is 6.54 Å². The van der Waals surface area contributed by atoms with Crippen molar-refractivity contribution in [3.05, 3.63) is 30.2 Å². The lowest BCUT2D eigenvalue weighted by Gasteiger charge is -2.04. The molecule has 0 bridgehead atoms. The zero-order valence-electron chi connectivity index (χ0n) is 7.70. The van der Waals surface area contributed by atoms with Crippen molar-refractivity contribution in [3.63, 3.8) is 0 Å². The second kappa shape index (κ2) is 3.18. The van der Waals surface area contributed by atoms with E-state index in [1.165, 1.54) is 16.6 Å². The van der Waals surface area contributed by atoms with Gasteiger partial charge in [-0.3, -0.25) is 4.98 Å². The van der Waals surface area contributed by atoms with E-state index in [1.807, 2.05) is 18.5 Å². The van der Waals surface area contributed by atoms with Crippen LogP contribution in [0, 0.1) is 6.92 Å². The molecule has 0 aliphatic carbocycles. The summed E-state index contributed by atoms with van der Waals surface area (Å²) in [4.78, 5) is 4.08. The second-order valence-corrected chi connectivity index (χ2v) is 3.16. The quantitative estimate of drug-likeness (QED) is 0.747. The minimum Gasteiger partial charge on any atom is -0.344 e. The third kappa shape index (κ3) is 1.31. The Balaban J connectivity index is 2.64. The second-order valence-electron chi connectivity index (χ2n) is 3.16. The fraction of sp³-hybridized carbons (Fsp3) is 0.300. The molecule has 13 heavy (non-hydrogen) atoms. The van der Waals surface area contributed by atoms with Crippen LogP contribution in [0.4, 0.5) is 0 Å². The van der Waals surface area contributed by atoms with Crippen LogP contribution in [0.5, 0.6) is 0 Å². The van der Waals surface area contributed by atoms with Gasteiger partial charge in [0.05, 0.1) is 5.52 Å².